The van der Waals surface area contributed by atoms with Gasteiger partial charge in [0.05, 0.1) is 6.61 Å². The molecule has 18 heavy (non-hydrogen) atoms. The Hall–Kier alpha value is -0.920. The smallest absolute Gasteiger partial charge is 0.262 e. The number of aliphatic hydroxyl groups excluding tert-OH is 1. The van der Waals surface area contributed by atoms with Crippen molar-refractivity contribution in [1.29, 1.82) is 0 Å². The molecule has 1 heterocycles. The molecule has 0 aromatic carbocycles. The fourth-order valence-electron chi connectivity index (χ4n) is 1.86. The molecule has 0 radical (unpaired) electrons. The maximum atomic E-state index is 12.5. The van der Waals surface area contributed by atoms with E-state index in [0.29, 0.717) is 17.8 Å². The van der Waals surface area contributed by atoms with Crippen LogP contribution in [0.4, 0.5) is 0 Å². The van der Waals surface area contributed by atoms with Gasteiger partial charge in [-0.05, 0) is 20.3 Å². The molecule has 0 spiro atoms. The van der Waals surface area contributed by atoms with E-state index in [9.17, 15) is 13.5 Å². The summed E-state index contributed by atoms with van der Waals surface area (Å²) in [6.07, 6.45) is 0.727. The summed E-state index contributed by atoms with van der Waals surface area (Å²) < 4.78 is 26.4. The van der Waals surface area contributed by atoms with Gasteiger partial charge in [-0.2, -0.15) is 9.40 Å². The molecule has 0 amide bonds. The van der Waals surface area contributed by atoms with E-state index in [1.807, 2.05) is 13.8 Å². The van der Waals surface area contributed by atoms with Crippen LogP contribution in [-0.4, -0.2) is 40.6 Å². The van der Waals surface area contributed by atoms with Crippen LogP contribution in [0, 0.1) is 6.92 Å². The number of H-pyrrole nitrogens is 1. The van der Waals surface area contributed by atoms with Gasteiger partial charge in [0.1, 0.15) is 0 Å². The SMILES string of the molecule is CCC(C)N(CC)S(=O)(=O)c1n[nH]c(C)c1CO. The largest absolute Gasteiger partial charge is 0.392 e. The average molecular weight is 275 g/mol. The first-order chi connectivity index (χ1) is 8.39. The predicted octanol–water partition coefficient (Wildman–Crippen LogP) is 1.02. The fraction of sp³-hybridized carbons (Fsp3) is 0.727. The van der Waals surface area contributed by atoms with Gasteiger partial charge in [-0.15, -0.1) is 0 Å². The molecule has 1 unspecified atom stereocenters. The summed E-state index contributed by atoms with van der Waals surface area (Å²) in [5.74, 6) is 0. The van der Waals surface area contributed by atoms with Crippen LogP contribution in [0.5, 0.6) is 0 Å². The van der Waals surface area contributed by atoms with Crippen molar-refractivity contribution in [2.45, 2.75) is 51.8 Å². The van der Waals surface area contributed by atoms with E-state index in [1.54, 1.807) is 13.8 Å². The molecule has 0 aliphatic rings. The van der Waals surface area contributed by atoms with Crippen molar-refractivity contribution in [1.82, 2.24) is 14.5 Å². The van der Waals surface area contributed by atoms with Crippen molar-refractivity contribution in [2.24, 2.45) is 0 Å². The number of nitrogens with zero attached hydrogens (tertiary/aromatic N) is 2. The Morgan fingerprint density at radius 3 is 2.50 bits per heavy atom. The van der Waals surface area contributed by atoms with Gasteiger partial charge in [0.25, 0.3) is 10.0 Å². The number of hydrogen-bond donors (Lipinski definition) is 2. The average Bonchev–Trinajstić information content (AvgIpc) is 2.71. The minimum absolute atomic E-state index is 0.0651. The molecular weight excluding hydrogens is 254 g/mol. The van der Waals surface area contributed by atoms with E-state index < -0.39 is 10.0 Å². The molecule has 2 N–H and O–H groups in total. The topological polar surface area (TPSA) is 86.3 Å². The Balaban J connectivity index is 3.27. The third kappa shape index (κ3) is 2.57. The lowest BCUT2D eigenvalue weighted by Gasteiger charge is -2.25. The molecule has 1 atom stereocenters. The fourth-order valence-corrected chi connectivity index (χ4v) is 3.74. The Kier molecular flexibility index (Phi) is 4.89. The summed E-state index contributed by atoms with van der Waals surface area (Å²) in [7, 11) is -3.65. The van der Waals surface area contributed by atoms with Crippen molar-refractivity contribution in [3.63, 3.8) is 0 Å². The first kappa shape index (κ1) is 15.1. The summed E-state index contributed by atoms with van der Waals surface area (Å²) in [6, 6.07) is -0.0939. The number of aliphatic hydroxyl groups is 1. The first-order valence-electron chi connectivity index (χ1n) is 6.06. The minimum atomic E-state index is -3.65. The zero-order valence-electron chi connectivity index (χ0n) is 11.3. The van der Waals surface area contributed by atoms with Crippen LogP contribution in [0.15, 0.2) is 5.03 Å². The maximum absolute atomic E-state index is 12.5. The molecule has 0 fully saturated rings. The number of aryl methyl sites for hydroxylation is 1. The second-order valence-electron chi connectivity index (χ2n) is 4.26. The van der Waals surface area contributed by atoms with Gasteiger partial charge in [0.15, 0.2) is 5.03 Å². The van der Waals surface area contributed by atoms with Crippen LogP contribution in [0.2, 0.25) is 0 Å². The van der Waals surface area contributed by atoms with Gasteiger partial charge in [0.2, 0.25) is 0 Å². The molecule has 1 aromatic rings. The minimum Gasteiger partial charge on any atom is -0.392 e. The molecule has 6 nitrogen and oxygen atoms in total. The third-order valence-corrected chi connectivity index (χ3v) is 5.20. The van der Waals surface area contributed by atoms with Crippen molar-refractivity contribution in [3.8, 4) is 0 Å². The number of hydrogen-bond acceptors (Lipinski definition) is 4. The van der Waals surface area contributed by atoms with Crippen LogP contribution in [0.3, 0.4) is 0 Å². The first-order valence-corrected chi connectivity index (χ1v) is 7.50. The van der Waals surface area contributed by atoms with E-state index >= 15 is 0 Å². The molecule has 1 aromatic heterocycles. The van der Waals surface area contributed by atoms with Gasteiger partial charge >= 0.3 is 0 Å². The van der Waals surface area contributed by atoms with Crippen LogP contribution in [0.25, 0.3) is 0 Å². The monoisotopic (exact) mass is 275 g/mol. The zero-order chi connectivity index (χ0) is 13.9. The highest BCUT2D eigenvalue weighted by Crippen LogP contribution is 2.22. The van der Waals surface area contributed by atoms with E-state index in [0.717, 1.165) is 6.42 Å². The number of nitrogens with one attached hydrogen (secondary N) is 1. The van der Waals surface area contributed by atoms with Gasteiger partial charge in [-0.1, -0.05) is 13.8 Å². The molecule has 0 saturated heterocycles. The predicted molar refractivity (Wildman–Crippen MR) is 68.6 cm³/mol. The number of aromatic amines is 1. The van der Waals surface area contributed by atoms with Gasteiger partial charge in [-0.25, -0.2) is 8.42 Å². The van der Waals surface area contributed by atoms with E-state index in [1.165, 1.54) is 4.31 Å². The molecule has 7 heteroatoms. The van der Waals surface area contributed by atoms with Crippen LogP contribution in [-0.2, 0) is 16.6 Å². The highest BCUT2D eigenvalue weighted by Gasteiger charge is 2.31. The molecule has 0 bridgehead atoms. The van der Waals surface area contributed by atoms with Crippen molar-refractivity contribution in [2.75, 3.05) is 6.54 Å². The second kappa shape index (κ2) is 5.81. The maximum Gasteiger partial charge on any atom is 0.262 e. The number of aromatic nitrogens is 2. The van der Waals surface area contributed by atoms with Crippen LogP contribution < -0.4 is 0 Å². The van der Waals surface area contributed by atoms with E-state index in [-0.39, 0.29) is 17.7 Å². The zero-order valence-corrected chi connectivity index (χ0v) is 12.1. The Morgan fingerprint density at radius 2 is 2.06 bits per heavy atom. The summed E-state index contributed by atoms with van der Waals surface area (Å²) in [6.45, 7) is 7.33. The lowest BCUT2D eigenvalue weighted by atomic mass is 10.3. The Labute approximate surface area is 108 Å². The van der Waals surface area contributed by atoms with Crippen LogP contribution in [0.1, 0.15) is 38.4 Å². The number of sulfonamides is 1. The van der Waals surface area contributed by atoms with Crippen molar-refractivity contribution in [3.05, 3.63) is 11.3 Å². The molecule has 0 saturated carbocycles. The Morgan fingerprint density at radius 1 is 1.44 bits per heavy atom. The van der Waals surface area contributed by atoms with Gasteiger partial charge < -0.3 is 5.11 Å². The lowest BCUT2D eigenvalue weighted by molar-refractivity contribution is 0.276. The lowest BCUT2D eigenvalue weighted by Crippen LogP contribution is -2.38. The standard InChI is InChI=1S/C11H21N3O3S/c1-5-8(3)14(6-2)18(16,17)11-10(7-15)9(4)12-13-11/h8,15H,5-7H2,1-4H3,(H,12,13). The van der Waals surface area contributed by atoms with E-state index in [4.69, 9.17) is 0 Å². The number of rotatable bonds is 6. The molecule has 0 aliphatic carbocycles. The van der Waals surface area contributed by atoms with Gasteiger partial charge in [-0.3, -0.25) is 5.10 Å². The molecular formula is C11H21N3O3S. The van der Waals surface area contributed by atoms with E-state index in [2.05, 4.69) is 10.2 Å². The normalized spacial score (nSPS) is 14.1. The van der Waals surface area contributed by atoms with Gasteiger partial charge in [0, 0.05) is 23.8 Å². The van der Waals surface area contributed by atoms with Crippen molar-refractivity contribution >= 4 is 10.0 Å². The quantitative estimate of drug-likeness (QED) is 0.811. The molecule has 104 valence electrons. The summed E-state index contributed by atoms with van der Waals surface area (Å²) in [4.78, 5) is 0. The van der Waals surface area contributed by atoms with Crippen molar-refractivity contribution < 1.29 is 13.5 Å². The van der Waals surface area contributed by atoms with Crippen LogP contribution >= 0.6 is 0 Å². The third-order valence-electron chi connectivity index (χ3n) is 3.14. The Bertz CT molecular complexity index is 496. The highest BCUT2D eigenvalue weighted by molar-refractivity contribution is 7.89. The molecule has 1 rings (SSSR count). The summed E-state index contributed by atoms with van der Waals surface area (Å²) >= 11 is 0. The molecule has 0 aliphatic heterocycles. The summed E-state index contributed by atoms with van der Waals surface area (Å²) in [5.41, 5.74) is 0.924. The summed E-state index contributed by atoms with van der Waals surface area (Å²) in [5, 5.41) is 15.6. The second-order valence-corrected chi connectivity index (χ2v) is 6.06. The highest BCUT2D eigenvalue weighted by atomic mass is 32.2.